The monoisotopic (exact) mass is 326 g/mol. The third kappa shape index (κ3) is 3.84. The average molecular weight is 326 g/mol. The lowest BCUT2D eigenvalue weighted by Crippen LogP contribution is -2.35. The van der Waals surface area contributed by atoms with E-state index in [4.69, 9.17) is 4.74 Å². The number of pyridine rings is 1. The Bertz CT molecular complexity index is 636. The van der Waals surface area contributed by atoms with Crippen LogP contribution in [0.15, 0.2) is 36.8 Å². The molecule has 1 aliphatic heterocycles. The van der Waals surface area contributed by atoms with Crippen LogP contribution in [0.2, 0.25) is 0 Å². The van der Waals surface area contributed by atoms with Crippen LogP contribution in [0.25, 0.3) is 0 Å². The van der Waals surface area contributed by atoms with Crippen LogP contribution in [0.3, 0.4) is 0 Å². The van der Waals surface area contributed by atoms with Gasteiger partial charge in [-0.1, -0.05) is 12.8 Å². The first-order valence-corrected chi connectivity index (χ1v) is 9.10. The Morgan fingerprint density at radius 3 is 2.71 bits per heavy atom. The average Bonchev–Trinajstić information content (AvgIpc) is 3.23. The van der Waals surface area contributed by atoms with Crippen molar-refractivity contribution in [1.29, 1.82) is 0 Å². The molecule has 24 heavy (non-hydrogen) atoms. The van der Waals surface area contributed by atoms with Gasteiger partial charge in [-0.15, -0.1) is 0 Å². The van der Waals surface area contributed by atoms with E-state index in [0.29, 0.717) is 6.61 Å². The molecule has 1 saturated carbocycles. The largest absolute Gasteiger partial charge is 0.370 e. The van der Waals surface area contributed by atoms with E-state index in [1.54, 1.807) is 0 Å². The van der Waals surface area contributed by atoms with Gasteiger partial charge in [0, 0.05) is 38.2 Å². The zero-order valence-electron chi connectivity index (χ0n) is 14.2. The van der Waals surface area contributed by atoms with Gasteiger partial charge in [0.15, 0.2) is 0 Å². The molecule has 0 bridgehead atoms. The van der Waals surface area contributed by atoms with E-state index in [-0.39, 0.29) is 6.10 Å². The van der Waals surface area contributed by atoms with Gasteiger partial charge in [-0.2, -0.15) is 5.10 Å². The van der Waals surface area contributed by atoms with Gasteiger partial charge in [-0.25, -0.2) is 0 Å². The summed E-state index contributed by atoms with van der Waals surface area (Å²) in [5.41, 5.74) is 2.49. The minimum atomic E-state index is 0.181. The van der Waals surface area contributed by atoms with E-state index in [1.165, 1.54) is 43.5 Å². The highest BCUT2D eigenvalue weighted by atomic mass is 16.5. The number of hydrogen-bond donors (Lipinski definition) is 0. The number of nitrogens with zero attached hydrogens (tertiary/aromatic N) is 4. The van der Waals surface area contributed by atoms with Gasteiger partial charge in [-0.3, -0.25) is 14.6 Å². The van der Waals surface area contributed by atoms with Crippen LogP contribution < -0.4 is 0 Å². The molecule has 0 aromatic carbocycles. The van der Waals surface area contributed by atoms with Crippen LogP contribution in [0.4, 0.5) is 0 Å². The molecule has 0 spiro atoms. The summed E-state index contributed by atoms with van der Waals surface area (Å²) in [6, 6.07) is 6.19. The second-order valence-corrected chi connectivity index (χ2v) is 7.14. The summed E-state index contributed by atoms with van der Waals surface area (Å²) < 4.78 is 8.36. The Labute approximate surface area is 143 Å². The van der Waals surface area contributed by atoms with Crippen LogP contribution in [0, 0.1) is 5.92 Å². The maximum Gasteiger partial charge on any atom is 0.0902 e. The Balaban J connectivity index is 1.42. The topological polar surface area (TPSA) is 43.2 Å². The molecule has 2 aromatic heterocycles. The number of ether oxygens (including phenoxy) is 1. The molecule has 0 amide bonds. The molecular weight excluding hydrogens is 300 g/mol. The molecule has 5 heteroatoms. The molecule has 0 unspecified atom stereocenters. The van der Waals surface area contributed by atoms with Gasteiger partial charge < -0.3 is 4.74 Å². The summed E-state index contributed by atoms with van der Waals surface area (Å²) in [7, 11) is 0. The van der Waals surface area contributed by atoms with Crippen molar-refractivity contribution in [2.24, 2.45) is 5.92 Å². The smallest absolute Gasteiger partial charge is 0.0902 e. The van der Waals surface area contributed by atoms with Gasteiger partial charge >= 0.3 is 0 Å². The molecule has 128 valence electrons. The Morgan fingerprint density at radius 2 is 1.88 bits per heavy atom. The fraction of sp³-hybridized carbons (Fsp3) is 0.579. The van der Waals surface area contributed by atoms with Crippen LogP contribution >= 0.6 is 0 Å². The maximum atomic E-state index is 6.24. The van der Waals surface area contributed by atoms with Crippen molar-refractivity contribution in [2.75, 3.05) is 13.1 Å². The highest BCUT2D eigenvalue weighted by Gasteiger charge is 2.26. The van der Waals surface area contributed by atoms with Crippen molar-refractivity contribution >= 4 is 0 Å². The Hall–Kier alpha value is -1.72. The molecule has 0 N–H and O–H groups in total. The number of hydrogen-bond acceptors (Lipinski definition) is 4. The van der Waals surface area contributed by atoms with Crippen molar-refractivity contribution in [3.63, 3.8) is 0 Å². The minimum Gasteiger partial charge on any atom is -0.370 e. The molecule has 4 rings (SSSR count). The second-order valence-electron chi connectivity index (χ2n) is 7.14. The molecule has 5 nitrogen and oxygen atoms in total. The van der Waals surface area contributed by atoms with E-state index in [1.807, 2.05) is 30.7 Å². The fourth-order valence-corrected chi connectivity index (χ4v) is 3.99. The summed E-state index contributed by atoms with van der Waals surface area (Å²) in [5.74, 6) is 0.861. The van der Waals surface area contributed by atoms with Crippen LogP contribution in [0.1, 0.15) is 36.9 Å². The number of aromatic nitrogens is 3. The zero-order chi connectivity index (χ0) is 16.2. The molecule has 1 atom stereocenters. The molecule has 2 aromatic rings. The van der Waals surface area contributed by atoms with E-state index in [0.717, 1.165) is 25.6 Å². The zero-order valence-corrected chi connectivity index (χ0v) is 14.2. The lowest BCUT2D eigenvalue weighted by molar-refractivity contribution is 0.00616. The normalized spacial score (nSPS) is 22.4. The van der Waals surface area contributed by atoms with Crippen molar-refractivity contribution in [3.05, 3.63) is 48.0 Å². The van der Waals surface area contributed by atoms with Gasteiger partial charge in [0.1, 0.15) is 0 Å². The summed E-state index contributed by atoms with van der Waals surface area (Å²) in [6.07, 6.45) is 11.3. The predicted molar refractivity (Wildman–Crippen MR) is 92.3 cm³/mol. The maximum absolute atomic E-state index is 6.24. The number of rotatable bonds is 5. The molecular formula is C19H26N4O. The highest BCUT2D eigenvalue weighted by molar-refractivity contribution is 5.08. The second kappa shape index (κ2) is 7.45. The first kappa shape index (κ1) is 15.8. The van der Waals surface area contributed by atoms with Crippen LogP contribution in [-0.4, -0.2) is 38.9 Å². The standard InChI is InChI=1S/C19H26N4O/c1-2-4-16(3-1)11-22-12-18-7-10-21-23(18)14-19(13-22)24-15-17-5-8-20-9-6-17/h5-10,16,19H,1-4,11-15H2/t19-/m0/s1. The van der Waals surface area contributed by atoms with E-state index < -0.39 is 0 Å². The highest BCUT2D eigenvalue weighted by Crippen LogP contribution is 2.27. The Morgan fingerprint density at radius 1 is 1.04 bits per heavy atom. The molecule has 3 heterocycles. The first-order valence-electron chi connectivity index (χ1n) is 9.10. The van der Waals surface area contributed by atoms with Crippen molar-refractivity contribution in [1.82, 2.24) is 19.7 Å². The summed E-state index contributed by atoms with van der Waals surface area (Å²) in [4.78, 5) is 6.65. The third-order valence-electron chi connectivity index (χ3n) is 5.25. The SMILES string of the molecule is c1cc(CO[C@H]2CN(CC3CCCC3)Cc3ccnn3C2)ccn1. The van der Waals surface area contributed by atoms with Gasteiger partial charge in [0.05, 0.1) is 24.9 Å². The summed E-state index contributed by atoms with van der Waals surface area (Å²) in [5, 5.41) is 4.49. The summed E-state index contributed by atoms with van der Waals surface area (Å²) >= 11 is 0. The molecule has 0 saturated heterocycles. The van der Waals surface area contributed by atoms with E-state index in [2.05, 4.69) is 25.7 Å². The molecule has 0 radical (unpaired) electrons. The molecule has 1 fully saturated rings. The quantitative estimate of drug-likeness (QED) is 0.847. The van der Waals surface area contributed by atoms with Gasteiger partial charge in [0.25, 0.3) is 0 Å². The first-order chi connectivity index (χ1) is 11.9. The van der Waals surface area contributed by atoms with Crippen molar-refractivity contribution in [2.45, 2.75) is 51.5 Å². The third-order valence-corrected chi connectivity index (χ3v) is 5.25. The van der Waals surface area contributed by atoms with Crippen molar-refractivity contribution in [3.8, 4) is 0 Å². The van der Waals surface area contributed by atoms with E-state index in [9.17, 15) is 0 Å². The van der Waals surface area contributed by atoms with Crippen LogP contribution in [0.5, 0.6) is 0 Å². The van der Waals surface area contributed by atoms with E-state index >= 15 is 0 Å². The molecule has 2 aliphatic rings. The van der Waals surface area contributed by atoms with Gasteiger partial charge in [-0.05, 0) is 42.5 Å². The lowest BCUT2D eigenvalue weighted by atomic mass is 10.1. The van der Waals surface area contributed by atoms with Crippen LogP contribution in [-0.2, 0) is 24.4 Å². The number of fused-ring (bicyclic) bond motifs is 1. The molecule has 1 aliphatic carbocycles. The van der Waals surface area contributed by atoms with Crippen molar-refractivity contribution < 1.29 is 4.74 Å². The minimum absolute atomic E-state index is 0.181. The summed E-state index contributed by atoms with van der Waals surface area (Å²) in [6.45, 7) is 4.66. The van der Waals surface area contributed by atoms with Gasteiger partial charge in [0.2, 0.25) is 0 Å². The fourth-order valence-electron chi connectivity index (χ4n) is 3.99. The lowest BCUT2D eigenvalue weighted by Gasteiger charge is -2.26. The predicted octanol–water partition coefficient (Wildman–Crippen LogP) is 2.87. The Kier molecular flexibility index (Phi) is 4.90.